The molecule has 0 spiro atoms. The van der Waals surface area contributed by atoms with Gasteiger partial charge < -0.3 is 10.1 Å². The minimum atomic E-state index is 0.637. The minimum absolute atomic E-state index is 0.637. The maximum Gasteiger partial charge on any atom is 0.121 e. The molecule has 0 aliphatic heterocycles. The van der Waals surface area contributed by atoms with Gasteiger partial charge in [-0.2, -0.15) is 5.10 Å². The van der Waals surface area contributed by atoms with Gasteiger partial charge in [0.1, 0.15) is 11.4 Å². The first-order valence-corrected chi connectivity index (χ1v) is 10.4. The van der Waals surface area contributed by atoms with Crippen molar-refractivity contribution in [3.8, 4) is 28.1 Å². The van der Waals surface area contributed by atoms with Crippen LogP contribution in [0.15, 0.2) is 85.3 Å². The lowest BCUT2D eigenvalue weighted by Crippen LogP contribution is -2.01. The molecule has 6 heteroatoms. The van der Waals surface area contributed by atoms with E-state index in [0.29, 0.717) is 6.54 Å². The molecule has 3 aromatic heterocycles. The van der Waals surface area contributed by atoms with Gasteiger partial charge in [0.05, 0.1) is 24.9 Å². The molecule has 5 aromatic rings. The number of aryl methyl sites for hydroxylation is 1. The first kappa shape index (κ1) is 19.8. The molecule has 1 N–H and O–H groups in total. The number of hydrogen-bond donors (Lipinski definition) is 1. The van der Waals surface area contributed by atoms with Gasteiger partial charge in [-0.05, 0) is 48.0 Å². The number of nitrogens with zero attached hydrogens (tertiary/aromatic N) is 4. The van der Waals surface area contributed by atoms with Gasteiger partial charge in [-0.15, -0.1) is 0 Å². The monoisotopic (exact) mass is 421 g/mol. The van der Waals surface area contributed by atoms with Crippen molar-refractivity contribution in [3.63, 3.8) is 0 Å². The lowest BCUT2D eigenvalue weighted by Gasteiger charge is -2.09. The summed E-state index contributed by atoms with van der Waals surface area (Å²) in [7, 11) is 3.61. The molecule has 0 saturated heterocycles. The van der Waals surface area contributed by atoms with E-state index in [-0.39, 0.29) is 0 Å². The third-order valence-corrected chi connectivity index (χ3v) is 5.41. The van der Waals surface area contributed by atoms with Gasteiger partial charge in [0, 0.05) is 53.9 Å². The Balaban J connectivity index is 1.34. The predicted molar refractivity (Wildman–Crippen MR) is 127 cm³/mol. The van der Waals surface area contributed by atoms with Crippen molar-refractivity contribution in [2.75, 3.05) is 12.4 Å². The number of benzene rings is 2. The molecule has 0 radical (unpaired) electrons. The van der Waals surface area contributed by atoms with Crippen LogP contribution in [-0.4, -0.2) is 26.9 Å². The number of rotatable bonds is 6. The second kappa shape index (κ2) is 8.51. The molecule has 0 saturated carbocycles. The fourth-order valence-electron chi connectivity index (χ4n) is 3.75. The average molecular weight is 422 g/mol. The van der Waals surface area contributed by atoms with Gasteiger partial charge in [-0.1, -0.05) is 18.2 Å². The Hall–Kier alpha value is -4.19. The molecule has 158 valence electrons. The summed E-state index contributed by atoms with van der Waals surface area (Å²) in [6, 6.07) is 22.4. The van der Waals surface area contributed by atoms with Gasteiger partial charge in [0.25, 0.3) is 0 Å². The van der Waals surface area contributed by atoms with Gasteiger partial charge in [0.2, 0.25) is 0 Å². The second-order valence-corrected chi connectivity index (χ2v) is 7.59. The zero-order valence-corrected chi connectivity index (χ0v) is 18.0. The fourth-order valence-corrected chi connectivity index (χ4v) is 3.75. The van der Waals surface area contributed by atoms with E-state index in [2.05, 4.69) is 45.7 Å². The molecular formula is C26H23N5O. The van der Waals surface area contributed by atoms with Crippen molar-refractivity contribution >= 4 is 16.6 Å². The van der Waals surface area contributed by atoms with E-state index < -0.39 is 0 Å². The van der Waals surface area contributed by atoms with E-state index in [1.54, 1.807) is 19.5 Å². The summed E-state index contributed by atoms with van der Waals surface area (Å²) in [6.45, 7) is 0.637. The zero-order valence-electron chi connectivity index (χ0n) is 18.0. The molecule has 0 aliphatic rings. The van der Waals surface area contributed by atoms with Crippen molar-refractivity contribution in [2.45, 2.75) is 6.54 Å². The van der Waals surface area contributed by atoms with Crippen LogP contribution in [0.3, 0.4) is 0 Å². The van der Waals surface area contributed by atoms with Crippen molar-refractivity contribution in [1.82, 2.24) is 19.7 Å². The molecule has 0 bridgehead atoms. The van der Waals surface area contributed by atoms with Crippen molar-refractivity contribution in [3.05, 3.63) is 91.0 Å². The van der Waals surface area contributed by atoms with Gasteiger partial charge in [-0.25, -0.2) is 0 Å². The normalized spacial score (nSPS) is 10.9. The molecule has 5 rings (SSSR count). The smallest absolute Gasteiger partial charge is 0.121 e. The predicted octanol–water partition coefficient (Wildman–Crippen LogP) is 5.32. The van der Waals surface area contributed by atoms with Crippen molar-refractivity contribution in [2.24, 2.45) is 7.05 Å². The van der Waals surface area contributed by atoms with Crippen LogP contribution in [0.5, 0.6) is 5.75 Å². The molecule has 2 aromatic carbocycles. The number of anilines is 1. The summed E-state index contributed by atoms with van der Waals surface area (Å²) >= 11 is 0. The van der Waals surface area contributed by atoms with Crippen LogP contribution in [-0.2, 0) is 13.6 Å². The maximum absolute atomic E-state index is 5.31. The summed E-state index contributed by atoms with van der Waals surface area (Å²) in [5.41, 5.74) is 7.14. The number of methoxy groups -OCH3 is 1. The molecule has 0 unspecified atom stereocenters. The maximum atomic E-state index is 5.31. The molecule has 3 heterocycles. The number of aromatic nitrogens is 4. The highest BCUT2D eigenvalue weighted by molar-refractivity contribution is 5.81. The van der Waals surface area contributed by atoms with Crippen LogP contribution in [0.25, 0.3) is 33.3 Å². The SMILES string of the molecule is COc1ccc2ccc(CNc3ccc(-c4nn(C)cc4-c4ccncc4)cc3)nc2c1. The highest BCUT2D eigenvalue weighted by Crippen LogP contribution is 2.31. The Bertz CT molecular complexity index is 1360. The van der Waals surface area contributed by atoms with Crippen molar-refractivity contribution < 1.29 is 4.74 Å². The summed E-state index contributed by atoms with van der Waals surface area (Å²) in [4.78, 5) is 8.87. The quantitative estimate of drug-likeness (QED) is 0.402. The van der Waals surface area contributed by atoms with E-state index in [1.165, 1.54) is 0 Å². The lowest BCUT2D eigenvalue weighted by molar-refractivity contribution is 0.415. The van der Waals surface area contributed by atoms with E-state index in [0.717, 1.165) is 50.4 Å². The Kier molecular flexibility index (Phi) is 5.25. The molecule has 0 amide bonds. The fraction of sp³-hybridized carbons (Fsp3) is 0.115. The highest BCUT2D eigenvalue weighted by Gasteiger charge is 2.12. The Labute approximate surface area is 186 Å². The largest absolute Gasteiger partial charge is 0.497 e. The topological polar surface area (TPSA) is 64.9 Å². The zero-order chi connectivity index (χ0) is 21.9. The van der Waals surface area contributed by atoms with Crippen LogP contribution >= 0.6 is 0 Å². The highest BCUT2D eigenvalue weighted by atomic mass is 16.5. The molecular weight excluding hydrogens is 398 g/mol. The number of hydrogen-bond acceptors (Lipinski definition) is 5. The van der Waals surface area contributed by atoms with Crippen molar-refractivity contribution in [1.29, 1.82) is 0 Å². The summed E-state index contributed by atoms with van der Waals surface area (Å²) in [6.07, 6.45) is 5.64. The van der Waals surface area contributed by atoms with Gasteiger partial charge in [0.15, 0.2) is 0 Å². The van der Waals surface area contributed by atoms with E-state index in [1.807, 2.05) is 54.3 Å². The summed E-state index contributed by atoms with van der Waals surface area (Å²) in [5.74, 6) is 0.811. The van der Waals surface area contributed by atoms with E-state index >= 15 is 0 Å². The number of pyridine rings is 2. The van der Waals surface area contributed by atoms with Crippen LogP contribution in [0.4, 0.5) is 5.69 Å². The lowest BCUT2D eigenvalue weighted by atomic mass is 10.0. The Morgan fingerprint density at radius 3 is 2.47 bits per heavy atom. The van der Waals surface area contributed by atoms with Gasteiger partial charge >= 0.3 is 0 Å². The number of nitrogens with one attached hydrogen (secondary N) is 1. The molecule has 32 heavy (non-hydrogen) atoms. The third kappa shape index (κ3) is 4.03. The summed E-state index contributed by atoms with van der Waals surface area (Å²) < 4.78 is 7.16. The molecule has 6 nitrogen and oxygen atoms in total. The van der Waals surface area contributed by atoms with Crippen LogP contribution in [0, 0.1) is 0 Å². The van der Waals surface area contributed by atoms with Crippen LogP contribution in [0.2, 0.25) is 0 Å². The second-order valence-electron chi connectivity index (χ2n) is 7.59. The Morgan fingerprint density at radius 2 is 1.69 bits per heavy atom. The minimum Gasteiger partial charge on any atom is -0.497 e. The standard InChI is InChI=1S/C26H23N5O/c1-31-17-24(18-11-13-27-14-12-18)26(30-31)20-4-7-21(8-5-20)28-16-22-9-3-19-6-10-23(32-2)15-25(19)29-22/h3-15,17,28H,16H2,1-2H3. The third-order valence-electron chi connectivity index (χ3n) is 5.41. The average Bonchev–Trinajstić information content (AvgIpc) is 3.24. The van der Waals surface area contributed by atoms with E-state index in [4.69, 9.17) is 9.72 Å². The first-order valence-electron chi connectivity index (χ1n) is 10.4. The van der Waals surface area contributed by atoms with Crippen LogP contribution < -0.4 is 10.1 Å². The van der Waals surface area contributed by atoms with Gasteiger partial charge in [-0.3, -0.25) is 14.6 Å². The molecule has 0 fully saturated rings. The first-order chi connectivity index (χ1) is 15.7. The molecule has 0 atom stereocenters. The molecule has 0 aliphatic carbocycles. The van der Waals surface area contributed by atoms with Crippen LogP contribution in [0.1, 0.15) is 5.69 Å². The number of ether oxygens (including phenoxy) is 1. The number of fused-ring (bicyclic) bond motifs is 1. The Morgan fingerprint density at radius 1 is 0.906 bits per heavy atom. The summed E-state index contributed by atoms with van der Waals surface area (Å²) in [5, 5.41) is 9.23. The van der Waals surface area contributed by atoms with E-state index in [9.17, 15) is 0 Å².